The number of nitrogens with one attached hydrogen (secondary N) is 2. The number of ether oxygens (including phenoxy) is 2. The number of benzene rings is 2. The van der Waals surface area contributed by atoms with E-state index < -0.39 is 35.6 Å². The second-order valence-corrected chi connectivity index (χ2v) is 10.1. The number of hydrogen-bond donors (Lipinski definition) is 4. The average Bonchev–Trinajstić information content (AvgIpc) is 2.96. The molecule has 0 bridgehead atoms. The fourth-order valence-corrected chi connectivity index (χ4v) is 3.96. The number of carboxylic acids is 2. The van der Waals surface area contributed by atoms with Crippen molar-refractivity contribution in [2.45, 2.75) is 90.9 Å². The minimum Gasteiger partial charge on any atom is -0.872 e. The largest absolute Gasteiger partial charge is 2.00 e. The molecule has 13 heteroatoms. The molecule has 2 aromatic carbocycles. The molecule has 2 rings (SSSR count). The van der Waals surface area contributed by atoms with E-state index >= 15 is 0 Å². The number of amides is 2. The van der Waals surface area contributed by atoms with E-state index in [0.717, 1.165) is 62.8 Å². The van der Waals surface area contributed by atoms with Gasteiger partial charge < -0.3 is 29.9 Å². The fourth-order valence-electron chi connectivity index (χ4n) is 3.96. The van der Waals surface area contributed by atoms with Gasteiger partial charge in [0.1, 0.15) is 0 Å². The number of carboxylic acid groups (broad SMARTS) is 2. The van der Waals surface area contributed by atoms with Crippen LogP contribution in [0.15, 0.2) is 36.4 Å². The Bertz CT molecular complexity index is 1100. The first-order valence-corrected chi connectivity index (χ1v) is 15.0. The third-order valence-corrected chi connectivity index (χ3v) is 6.38. The Hall–Kier alpha value is -3.96. The first kappa shape index (κ1) is 41.0. The van der Waals surface area contributed by atoms with Crippen molar-refractivity contribution in [1.82, 2.24) is 0 Å². The van der Waals surface area contributed by atoms with Gasteiger partial charge in [0.2, 0.25) is 0 Å². The molecule has 0 atom stereocenters. The minimum atomic E-state index is -1.29. The van der Waals surface area contributed by atoms with E-state index in [-0.39, 0.29) is 39.6 Å². The molecule has 0 aliphatic rings. The maximum atomic E-state index is 11.5. The smallest absolute Gasteiger partial charge is 0.872 e. The Morgan fingerprint density at radius 1 is 0.600 bits per heavy atom. The molecule has 0 aliphatic heterocycles. The van der Waals surface area contributed by atoms with Gasteiger partial charge in [-0.15, -0.1) is 0 Å². The Kier molecular flexibility index (Phi) is 22.2. The van der Waals surface area contributed by atoms with Crippen molar-refractivity contribution in [2.24, 2.45) is 0 Å². The molecule has 0 saturated carbocycles. The van der Waals surface area contributed by atoms with Crippen LogP contribution in [-0.2, 0) is 26.5 Å². The molecule has 0 aliphatic carbocycles. The summed E-state index contributed by atoms with van der Waals surface area (Å²) >= 11 is 0. The van der Waals surface area contributed by atoms with Crippen molar-refractivity contribution in [3.05, 3.63) is 47.5 Å². The van der Waals surface area contributed by atoms with Gasteiger partial charge in [-0.2, -0.15) is 0 Å². The third kappa shape index (κ3) is 18.4. The standard InChI is InChI=1S/2C16H23NO5.Mn/c2*1-2-3-4-5-6-7-10-22-16(21)17-12-8-9-13(15(19)20)14(18)11-12;/h2*8-9,11,18H,2-7,10H2,1H3,(H,17,21)(H,19,20);/q;;+2/p-2. The number of anilines is 2. The second-order valence-electron chi connectivity index (χ2n) is 10.1. The van der Waals surface area contributed by atoms with Crippen molar-refractivity contribution >= 4 is 35.5 Å². The van der Waals surface area contributed by atoms with Crippen LogP contribution >= 0.6 is 0 Å². The summed E-state index contributed by atoms with van der Waals surface area (Å²) in [7, 11) is 0. The molecule has 1 radical (unpaired) electrons. The zero-order valence-electron chi connectivity index (χ0n) is 25.9. The van der Waals surface area contributed by atoms with Crippen LogP contribution in [0.25, 0.3) is 0 Å². The van der Waals surface area contributed by atoms with Crippen molar-refractivity contribution in [1.29, 1.82) is 0 Å². The molecular formula is C32H44MnN2O10. The van der Waals surface area contributed by atoms with Gasteiger partial charge in [-0.3, -0.25) is 10.6 Å². The molecule has 0 saturated heterocycles. The van der Waals surface area contributed by atoms with Gasteiger partial charge in [0, 0.05) is 11.4 Å². The third-order valence-electron chi connectivity index (χ3n) is 6.38. The van der Waals surface area contributed by atoms with E-state index in [1.165, 1.54) is 50.7 Å². The van der Waals surface area contributed by atoms with Gasteiger partial charge in [-0.25, -0.2) is 19.2 Å². The van der Waals surface area contributed by atoms with E-state index in [1.807, 2.05) is 0 Å². The van der Waals surface area contributed by atoms with Crippen LogP contribution < -0.4 is 20.8 Å². The summed E-state index contributed by atoms with van der Waals surface area (Å²) in [5.74, 6) is -3.88. The Morgan fingerprint density at radius 2 is 0.933 bits per heavy atom. The first-order chi connectivity index (χ1) is 21.1. The summed E-state index contributed by atoms with van der Waals surface area (Å²) in [6.45, 7) is 4.97. The van der Waals surface area contributed by atoms with Crippen LogP contribution in [0.1, 0.15) is 112 Å². The van der Waals surface area contributed by atoms with Crippen LogP contribution in [0.2, 0.25) is 0 Å². The van der Waals surface area contributed by atoms with Crippen molar-refractivity contribution < 1.29 is 66.1 Å². The van der Waals surface area contributed by atoms with Gasteiger partial charge in [-0.05, 0) is 49.2 Å². The summed E-state index contributed by atoms with van der Waals surface area (Å²) in [6.07, 6.45) is 11.9. The zero-order chi connectivity index (χ0) is 32.7. The fraction of sp³-hybridized carbons (Fsp3) is 0.500. The van der Waals surface area contributed by atoms with E-state index in [9.17, 15) is 29.4 Å². The van der Waals surface area contributed by atoms with Gasteiger partial charge in [0.05, 0.1) is 24.3 Å². The van der Waals surface area contributed by atoms with Crippen LogP contribution in [0.3, 0.4) is 0 Å². The van der Waals surface area contributed by atoms with E-state index in [0.29, 0.717) is 13.2 Å². The summed E-state index contributed by atoms with van der Waals surface area (Å²) < 4.78 is 10.0. The van der Waals surface area contributed by atoms with Gasteiger partial charge in [0.25, 0.3) is 0 Å². The Balaban J connectivity index is 0.000000842. The van der Waals surface area contributed by atoms with Crippen molar-refractivity contribution in [3.8, 4) is 11.5 Å². The molecule has 2 amide bonds. The number of aromatic carboxylic acids is 2. The molecule has 12 nitrogen and oxygen atoms in total. The first-order valence-electron chi connectivity index (χ1n) is 15.0. The molecule has 0 unspecified atom stereocenters. The number of hydrogen-bond acceptors (Lipinski definition) is 8. The maximum Gasteiger partial charge on any atom is 2.00 e. The molecule has 0 aromatic heterocycles. The molecule has 2 aromatic rings. The van der Waals surface area contributed by atoms with Crippen LogP contribution in [0.5, 0.6) is 11.5 Å². The molecule has 0 spiro atoms. The number of unbranched alkanes of at least 4 members (excludes halogenated alkanes) is 10. The SMILES string of the molecule is CCCCCCCCOC(=O)Nc1ccc(C(=O)O)c([O-])c1.CCCCCCCCOC(=O)Nc1ccc(C(=O)O)c([O-])c1.[Mn+2]. The monoisotopic (exact) mass is 671 g/mol. The Labute approximate surface area is 275 Å². The molecule has 0 fully saturated rings. The quantitative estimate of drug-likeness (QED) is 0.0973. The summed E-state index contributed by atoms with van der Waals surface area (Å²) in [5, 5.41) is 45.3. The average molecular weight is 672 g/mol. The minimum absolute atomic E-state index is 0. The van der Waals surface area contributed by atoms with Crippen LogP contribution in [0.4, 0.5) is 21.0 Å². The topological polar surface area (TPSA) is 197 Å². The van der Waals surface area contributed by atoms with Crippen LogP contribution in [-0.4, -0.2) is 47.6 Å². The zero-order valence-corrected chi connectivity index (χ0v) is 27.1. The van der Waals surface area contributed by atoms with E-state index in [4.69, 9.17) is 19.7 Å². The predicted octanol–water partition coefficient (Wildman–Crippen LogP) is 6.73. The second kappa shape index (κ2) is 24.4. The summed E-state index contributed by atoms with van der Waals surface area (Å²) in [4.78, 5) is 44.5. The summed E-state index contributed by atoms with van der Waals surface area (Å²) in [6, 6.07) is 7.17. The number of carbonyl (C=O) groups excluding carboxylic acids is 2. The van der Waals surface area contributed by atoms with Crippen LogP contribution in [0, 0.1) is 0 Å². The Morgan fingerprint density at radius 3 is 1.24 bits per heavy atom. The molecule has 4 N–H and O–H groups in total. The summed E-state index contributed by atoms with van der Waals surface area (Å²) in [5.41, 5.74) is -0.206. The number of rotatable bonds is 18. The van der Waals surface area contributed by atoms with Gasteiger partial charge in [-0.1, -0.05) is 89.6 Å². The van der Waals surface area contributed by atoms with Crippen molar-refractivity contribution in [3.63, 3.8) is 0 Å². The molecule has 45 heavy (non-hydrogen) atoms. The molecule has 249 valence electrons. The van der Waals surface area contributed by atoms with Gasteiger partial charge in [0.15, 0.2) is 0 Å². The van der Waals surface area contributed by atoms with E-state index in [2.05, 4.69) is 24.5 Å². The van der Waals surface area contributed by atoms with Gasteiger partial charge >= 0.3 is 41.2 Å². The maximum absolute atomic E-state index is 11.5. The predicted molar refractivity (Wildman–Crippen MR) is 162 cm³/mol. The normalized spacial score (nSPS) is 10.0. The molecular weight excluding hydrogens is 627 g/mol. The number of carbonyl (C=O) groups is 4. The van der Waals surface area contributed by atoms with Crippen molar-refractivity contribution in [2.75, 3.05) is 23.8 Å². The van der Waals surface area contributed by atoms with E-state index in [1.54, 1.807) is 0 Å². The molecule has 0 heterocycles.